The van der Waals surface area contributed by atoms with Crippen molar-refractivity contribution >= 4 is 40.3 Å². The first kappa shape index (κ1) is 16.1. The van der Waals surface area contributed by atoms with Crippen LogP contribution >= 0.6 is 0 Å². The number of rotatable bonds is 2. The Labute approximate surface area is 169 Å². The minimum Gasteiger partial charge on any atom is -0.369 e. The maximum atomic E-state index is 6.27. The first-order chi connectivity index (χ1) is 14.3. The molecule has 0 aliphatic heterocycles. The number of fused-ring (bicyclic) bond motifs is 3. The van der Waals surface area contributed by atoms with Gasteiger partial charge in [-0.15, -0.1) is 0 Å². The highest BCUT2D eigenvalue weighted by Crippen LogP contribution is 2.38. The van der Waals surface area contributed by atoms with Crippen LogP contribution < -0.4 is 11.1 Å². The molecule has 0 aromatic heterocycles. The first-order valence-electron chi connectivity index (χ1n) is 9.82. The van der Waals surface area contributed by atoms with E-state index in [1.807, 2.05) is 6.07 Å². The first-order valence-corrected chi connectivity index (χ1v) is 9.82. The maximum absolute atomic E-state index is 6.27. The predicted molar refractivity (Wildman–Crippen MR) is 122 cm³/mol. The van der Waals surface area contributed by atoms with Gasteiger partial charge >= 0.3 is 0 Å². The third-order valence-corrected chi connectivity index (χ3v) is 5.83. The SMILES string of the molecule is NC(=Nc1ccc2cccc3c2c1C=C3)Nc1ccc2c(c1)Cc1ccccc1-2. The molecule has 138 valence electrons. The lowest BCUT2D eigenvalue weighted by Gasteiger charge is -2.10. The van der Waals surface area contributed by atoms with Gasteiger partial charge in [-0.1, -0.05) is 66.7 Å². The van der Waals surface area contributed by atoms with Crippen LogP contribution in [0, 0.1) is 0 Å². The lowest BCUT2D eigenvalue weighted by Crippen LogP contribution is -2.22. The minimum absolute atomic E-state index is 0.397. The van der Waals surface area contributed by atoms with Crippen LogP contribution in [0.25, 0.3) is 34.1 Å². The number of hydrogen-bond acceptors (Lipinski definition) is 1. The standard InChI is InChI=1S/C26H19N3/c27-26(29-24-13-9-17-6-3-5-16-8-11-23(24)25(16)17)28-20-10-12-22-19(15-20)14-18-4-1-2-7-21(18)22/h1-13,15H,14H2,(H3,27,28,29). The summed E-state index contributed by atoms with van der Waals surface area (Å²) in [7, 11) is 0. The Bertz CT molecular complexity index is 1360. The van der Waals surface area contributed by atoms with Crippen molar-refractivity contribution in [3.8, 4) is 11.1 Å². The Morgan fingerprint density at radius 2 is 1.72 bits per heavy atom. The lowest BCUT2D eigenvalue weighted by molar-refractivity contribution is 1.26. The number of anilines is 1. The molecule has 0 radical (unpaired) electrons. The second kappa shape index (κ2) is 6.08. The van der Waals surface area contributed by atoms with Gasteiger partial charge in [0.25, 0.3) is 0 Å². The number of benzene rings is 4. The molecule has 0 atom stereocenters. The Morgan fingerprint density at radius 1 is 0.828 bits per heavy atom. The van der Waals surface area contributed by atoms with Gasteiger partial charge in [0.15, 0.2) is 5.96 Å². The van der Waals surface area contributed by atoms with Crippen molar-refractivity contribution in [1.82, 2.24) is 0 Å². The fourth-order valence-corrected chi connectivity index (χ4v) is 4.53. The number of guanidine groups is 1. The van der Waals surface area contributed by atoms with Crippen LogP contribution in [0.4, 0.5) is 11.4 Å². The molecule has 0 fully saturated rings. The summed E-state index contributed by atoms with van der Waals surface area (Å²) < 4.78 is 0. The summed E-state index contributed by atoms with van der Waals surface area (Å²) in [6, 6.07) is 25.5. The molecule has 4 aromatic rings. The van der Waals surface area contributed by atoms with E-state index in [-0.39, 0.29) is 0 Å². The van der Waals surface area contributed by atoms with Crippen LogP contribution in [0.2, 0.25) is 0 Å². The molecular weight excluding hydrogens is 354 g/mol. The zero-order valence-corrected chi connectivity index (χ0v) is 15.8. The molecule has 4 aromatic carbocycles. The van der Waals surface area contributed by atoms with Gasteiger partial charge in [0.2, 0.25) is 0 Å². The molecule has 0 spiro atoms. The van der Waals surface area contributed by atoms with Gasteiger partial charge in [-0.25, -0.2) is 4.99 Å². The predicted octanol–water partition coefficient (Wildman–Crippen LogP) is 5.95. The van der Waals surface area contributed by atoms with Crippen LogP contribution in [-0.2, 0) is 6.42 Å². The van der Waals surface area contributed by atoms with Crippen LogP contribution in [0.3, 0.4) is 0 Å². The fourth-order valence-electron chi connectivity index (χ4n) is 4.53. The van der Waals surface area contributed by atoms with E-state index in [0.717, 1.165) is 23.4 Å². The highest BCUT2D eigenvalue weighted by atomic mass is 15.1. The summed E-state index contributed by atoms with van der Waals surface area (Å²) in [4.78, 5) is 4.67. The van der Waals surface area contributed by atoms with Crippen LogP contribution in [0.5, 0.6) is 0 Å². The van der Waals surface area contributed by atoms with Crippen molar-refractivity contribution in [3.63, 3.8) is 0 Å². The van der Waals surface area contributed by atoms with Crippen molar-refractivity contribution in [2.24, 2.45) is 10.7 Å². The van der Waals surface area contributed by atoms with E-state index in [4.69, 9.17) is 5.73 Å². The monoisotopic (exact) mass is 373 g/mol. The normalized spacial score (nSPS) is 13.6. The molecule has 0 amide bonds. The number of nitrogens with two attached hydrogens (primary N) is 1. The van der Waals surface area contributed by atoms with Gasteiger partial charge in [-0.3, -0.25) is 0 Å². The topological polar surface area (TPSA) is 50.4 Å². The van der Waals surface area contributed by atoms with Gasteiger partial charge in [0.1, 0.15) is 0 Å². The smallest absolute Gasteiger partial charge is 0.198 e. The molecule has 29 heavy (non-hydrogen) atoms. The summed E-state index contributed by atoms with van der Waals surface area (Å²) in [6.45, 7) is 0. The molecule has 2 aliphatic carbocycles. The lowest BCUT2D eigenvalue weighted by atomic mass is 10.0. The summed E-state index contributed by atoms with van der Waals surface area (Å²) in [5.41, 5.74) is 15.8. The third kappa shape index (κ3) is 2.55. The van der Waals surface area contributed by atoms with Gasteiger partial charge in [0.05, 0.1) is 5.69 Å². The largest absolute Gasteiger partial charge is 0.369 e. The van der Waals surface area contributed by atoms with Gasteiger partial charge in [-0.05, 0) is 63.2 Å². The second-order valence-electron chi connectivity index (χ2n) is 7.60. The Hall–Kier alpha value is -3.85. The zero-order valence-electron chi connectivity index (χ0n) is 15.8. The third-order valence-electron chi connectivity index (χ3n) is 5.83. The van der Waals surface area contributed by atoms with Crippen LogP contribution in [0.15, 0.2) is 77.8 Å². The maximum Gasteiger partial charge on any atom is 0.198 e. The van der Waals surface area contributed by atoms with Crippen LogP contribution in [0.1, 0.15) is 22.3 Å². The number of nitrogens with zero attached hydrogens (tertiary/aromatic N) is 1. The molecule has 6 rings (SSSR count). The van der Waals surface area contributed by atoms with Crippen molar-refractivity contribution < 1.29 is 0 Å². The second-order valence-corrected chi connectivity index (χ2v) is 7.60. The highest BCUT2D eigenvalue weighted by molar-refractivity contribution is 6.08. The number of aliphatic imine (C=N–C) groups is 1. The van der Waals surface area contributed by atoms with Gasteiger partial charge in [0, 0.05) is 11.3 Å². The van der Waals surface area contributed by atoms with E-state index >= 15 is 0 Å². The average Bonchev–Trinajstić information content (AvgIpc) is 3.32. The van der Waals surface area contributed by atoms with E-state index < -0.39 is 0 Å². The number of nitrogens with one attached hydrogen (secondary N) is 1. The van der Waals surface area contributed by atoms with E-state index in [1.54, 1.807) is 0 Å². The molecular formula is C26H19N3. The van der Waals surface area contributed by atoms with E-state index in [1.165, 1.54) is 38.6 Å². The Morgan fingerprint density at radius 3 is 2.69 bits per heavy atom. The van der Waals surface area contributed by atoms with Gasteiger partial charge in [-0.2, -0.15) is 0 Å². The minimum atomic E-state index is 0.397. The highest BCUT2D eigenvalue weighted by Gasteiger charge is 2.18. The summed E-state index contributed by atoms with van der Waals surface area (Å²) in [5.74, 6) is 0.397. The molecule has 3 N–H and O–H groups in total. The molecule has 0 saturated carbocycles. The van der Waals surface area contributed by atoms with E-state index in [0.29, 0.717) is 5.96 Å². The Balaban J connectivity index is 1.32. The molecule has 3 nitrogen and oxygen atoms in total. The van der Waals surface area contributed by atoms with Crippen molar-refractivity contribution in [3.05, 3.63) is 95.1 Å². The van der Waals surface area contributed by atoms with Crippen molar-refractivity contribution in [1.29, 1.82) is 0 Å². The van der Waals surface area contributed by atoms with Crippen molar-refractivity contribution in [2.75, 3.05) is 5.32 Å². The number of hydrogen-bond donors (Lipinski definition) is 2. The van der Waals surface area contributed by atoms with E-state index in [9.17, 15) is 0 Å². The molecule has 0 saturated heterocycles. The van der Waals surface area contributed by atoms with E-state index in [2.05, 4.69) is 89.2 Å². The molecule has 3 heteroatoms. The summed E-state index contributed by atoms with van der Waals surface area (Å²) in [5, 5.41) is 5.74. The Kier molecular flexibility index (Phi) is 3.38. The van der Waals surface area contributed by atoms with Gasteiger partial charge < -0.3 is 11.1 Å². The van der Waals surface area contributed by atoms with Crippen molar-refractivity contribution in [2.45, 2.75) is 6.42 Å². The quantitative estimate of drug-likeness (QED) is 0.291. The molecule has 0 bridgehead atoms. The molecule has 0 heterocycles. The molecule has 2 aliphatic rings. The summed E-state index contributed by atoms with van der Waals surface area (Å²) >= 11 is 0. The summed E-state index contributed by atoms with van der Waals surface area (Å²) in [6.07, 6.45) is 5.22. The zero-order chi connectivity index (χ0) is 19.4. The molecule has 0 unspecified atom stereocenters. The fraction of sp³-hybridized carbons (Fsp3) is 0.0385. The van der Waals surface area contributed by atoms with Crippen LogP contribution in [-0.4, -0.2) is 5.96 Å². The average molecular weight is 373 g/mol.